The lowest BCUT2D eigenvalue weighted by atomic mass is 9.69. The molecule has 0 aliphatic heterocycles. The van der Waals surface area contributed by atoms with Gasteiger partial charge in [0, 0.05) is 23.5 Å². The van der Waals surface area contributed by atoms with Crippen LogP contribution in [0.2, 0.25) is 0 Å². The van der Waals surface area contributed by atoms with Crippen molar-refractivity contribution in [3.63, 3.8) is 0 Å². The summed E-state index contributed by atoms with van der Waals surface area (Å²) in [6.07, 6.45) is 5.34. The number of halogens is 1. The van der Waals surface area contributed by atoms with Crippen molar-refractivity contribution >= 4 is 32.7 Å². The lowest BCUT2D eigenvalue weighted by molar-refractivity contribution is -0.123. The third-order valence-electron chi connectivity index (χ3n) is 7.50. The van der Waals surface area contributed by atoms with Gasteiger partial charge in [-0.2, -0.15) is 0 Å². The third kappa shape index (κ3) is 2.93. The summed E-state index contributed by atoms with van der Waals surface area (Å²) >= 11 is 3.39. The predicted octanol–water partition coefficient (Wildman–Crippen LogP) is 3.88. The summed E-state index contributed by atoms with van der Waals surface area (Å²) in [6.45, 7) is 7.35. The molecule has 1 heterocycles. The van der Waals surface area contributed by atoms with Crippen molar-refractivity contribution in [2.24, 2.45) is 16.7 Å². The van der Waals surface area contributed by atoms with Crippen LogP contribution >= 0.6 is 15.9 Å². The van der Waals surface area contributed by atoms with Crippen molar-refractivity contribution < 1.29 is 4.79 Å². The molecule has 4 rings (SSSR count). The van der Waals surface area contributed by atoms with Crippen LogP contribution in [-0.4, -0.2) is 21.5 Å². The van der Waals surface area contributed by atoms with E-state index in [1.807, 2.05) is 12.1 Å². The van der Waals surface area contributed by atoms with Gasteiger partial charge in [-0.25, -0.2) is 4.98 Å². The van der Waals surface area contributed by atoms with Gasteiger partial charge in [-0.1, -0.05) is 36.7 Å². The van der Waals surface area contributed by atoms with Crippen LogP contribution in [0, 0.1) is 16.7 Å². The van der Waals surface area contributed by atoms with Gasteiger partial charge in [0.15, 0.2) is 0 Å². The highest BCUT2D eigenvalue weighted by atomic mass is 79.9. The first-order valence-electron chi connectivity index (χ1n) is 9.66. The molecule has 6 heteroatoms. The molecule has 144 valence electrons. The van der Waals surface area contributed by atoms with Crippen LogP contribution in [0.15, 0.2) is 33.8 Å². The maximum Gasteiger partial charge on any atom is 0.261 e. The number of benzene rings is 1. The zero-order chi connectivity index (χ0) is 19.4. The van der Waals surface area contributed by atoms with E-state index in [1.165, 1.54) is 23.7 Å². The van der Waals surface area contributed by atoms with E-state index in [-0.39, 0.29) is 28.3 Å². The molecule has 27 heavy (non-hydrogen) atoms. The van der Waals surface area contributed by atoms with E-state index >= 15 is 0 Å². The number of hydrogen-bond acceptors (Lipinski definition) is 3. The van der Waals surface area contributed by atoms with Crippen molar-refractivity contribution in [2.75, 3.05) is 0 Å². The summed E-state index contributed by atoms with van der Waals surface area (Å²) in [5.74, 6) is 0.712. The van der Waals surface area contributed by atoms with Gasteiger partial charge in [0.2, 0.25) is 5.91 Å². The second-order valence-corrected chi connectivity index (χ2v) is 9.80. The van der Waals surface area contributed by atoms with Gasteiger partial charge < -0.3 is 5.32 Å². The van der Waals surface area contributed by atoms with Gasteiger partial charge in [-0.05, 0) is 54.2 Å². The Balaban J connectivity index is 1.44. The highest BCUT2D eigenvalue weighted by molar-refractivity contribution is 9.10. The quantitative estimate of drug-likeness (QED) is 0.798. The van der Waals surface area contributed by atoms with Gasteiger partial charge in [-0.15, -0.1) is 0 Å². The highest BCUT2D eigenvalue weighted by Gasteiger charge is 2.61. The first-order valence-corrected chi connectivity index (χ1v) is 10.5. The Morgan fingerprint density at radius 1 is 1.37 bits per heavy atom. The molecular weight excluding hydrogens is 406 g/mol. The number of fused-ring (bicyclic) bond motifs is 3. The monoisotopic (exact) mass is 431 g/mol. The Bertz CT molecular complexity index is 968. The molecule has 1 aromatic carbocycles. The number of aryl methyl sites for hydroxylation is 1. The summed E-state index contributed by atoms with van der Waals surface area (Å²) < 4.78 is 2.37. The average Bonchev–Trinajstić information content (AvgIpc) is 2.95. The smallest absolute Gasteiger partial charge is 0.261 e. The molecule has 2 fully saturated rings. The zero-order valence-corrected chi connectivity index (χ0v) is 17.7. The molecule has 2 bridgehead atoms. The number of hydrogen-bond donors (Lipinski definition) is 1. The molecule has 0 spiro atoms. The molecule has 0 saturated heterocycles. The molecule has 5 nitrogen and oxygen atoms in total. The van der Waals surface area contributed by atoms with Gasteiger partial charge in [0.1, 0.15) is 0 Å². The van der Waals surface area contributed by atoms with Crippen LogP contribution in [0.5, 0.6) is 0 Å². The Labute approximate surface area is 167 Å². The number of carbonyl (C=O) groups is 1. The van der Waals surface area contributed by atoms with Crippen LogP contribution < -0.4 is 10.9 Å². The van der Waals surface area contributed by atoms with Crippen molar-refractivity contribution in [3.05, 3.63) is 39.4 Å². The maximum atomic E-state index is 12.6. The minimum Gasteiger partial charge on any atom is -0.353 e. The van der Waals surface area contributed by atoms with Crippen LogP contribution in [0.25, 0.3) is 10.9 Å². The van der Waals surface area contributed by atoms with Crippen molar-refractivity contribution in [3.8, 4) is 0 Å². The third-order valence-corrected chi connectivity index (χ3v) is 7.99. The SMILES string of the molecule is CC1(C)C2CCC1(C)C(NC(=O)CCn1cnc3ccc(Br)cc3c1=O)C2. The molecule has 2 aromatic rings. The lowest BCUT2D eigenvalue weighted by Crippen LogP contribution is -2.47. The Hall–Kier alpha value is -1.69. The van der Waals surface area contributed by atoms with E-state index in [2.05, 4.69) is 47.0 Å². The topological polar surface area (TPSA) is 64.0 Å². The van der Waals surface area contributed by atoms with Crippen LogP contribution in [0.1, 0.15) is 46.5 Å². The molecule has 3 unspecified atom stereocenters. The summed E-state index contributed by atoms with van der Waals surface area (Å²) in [5.41, 5.74) is 1.00. The standard InChI is InChI=1S/C21H26BrN3O2/c1-20(2)13-6-8-21(20,3)17(10-13)24-18(26)7-9-25-12-23-16-5-4-14(22)11-15(16)19(25)27/h4-5,11-13,17H,6-10H2,1-3H3,(H,24,26). The fourth-order valence-corrected chi connectivity index (χ4v) is 5.56. The molecule has 2 saturated carbocycles. The predicted molar refractivity (Wildman–Crippen MR) is 109 cm³/mol. The minimum atomic E-state index is -0.109. The Kier molecular flexibility index (Phi) is 4.45. The molecule has 2 aliphatic rings. The Morgan fingerprint density at radius 3 is 2.81 bits per heavy atom. The van der Waals surface area contributed by atoms with E-state index in [9.17, 15) is 9.59 Å². The van der Waals surface area contributed by atoms with E-state index < -0.39 is 0 Å². The molecule has 3 atom stereocenters. The van der Waals surface area contributed by atoms with E-state index in [0.717, 1.165) is 10.9 Å². The van der Waals surface area contributed by atoms with Gasteiger partial charge >= 0.3 is 0 Å². The van der Waals surface area contributed by atoms with E-state index in [4.69, 9.17) is 0 Å². The molecule has 1 amide bonds. The molecule has 1 N–H and O–H groups in total. The highest BCUT2D eigenvalue weighted by Crippen LogP contribution is 2.65. The number of nitrogens with one attached hydrogen (secondary N) is 1. The summed E-state index contributed by atoms with van der Waals surface area (Å²) in [4.78, 5) is 29.6. The number of carbonyl (C=O) groups excluding carboxylic acids is 1. The number of nitrogens with zero attached hydrogens (tertiary/aromatic N) is 2. The largest absolute Gasteiger partial charge is 0.353 e. The summed E-state index contributed by atoms with van der Waals surface area (Å²) in [5, 5.41) is 3.82. The van der Waals surface area contributed by atoms with Gasteiger partial charge in [0.05, 0.1) is 17.2 Å². The molecule has 0 radical (unpaired) electrons. The van der Waals surface area contributed by atoms with Crippen molar-refractivity contribution in [1.29, 1.82) is 0 Å². The van der Waals surface area contributed by atoms with Crippen LogP contribution in [-0.2, 0) is 11.3 Å². The van der Waals surface area contributed by atoms with Gasteiger partial charge in [0.25, 0.3) is 5.56 Å². The van der Waals surface area contributed by atoms with E-state index in [0.29, 0.717) is 29.8 Å². The average molecular weight is 432 g/mol. The zero-order valence-electron chi connectivity index (χ0n) is 16.1. The first-order chi connectivity index (χ1) is 12.7. The fraction of sp³-hybridized carbons (Fsp3) is 0.571. The second-order valence-electron chi connectivity index (χ2n) is 8.89. The lowest BCUT2D eigenvalue weighted by Gasteiger charge is -2.39. The van der Waals surface area contributed by atoms with Crippen LogP contribution in [0.4, 0.5) is 0 Å². The van der Waals surface area contributed by atoms with Crippen molar-refractivity contribution in [2.45, 2.75) is 59.0 Å². The number of rotatable bonds is 4. The second kappa shape index (κ2) is 6.43. The van der Waals surface area contributed by atoms with Crippen LogP contribution in [0.3, 0.4) is 0 Å². The fourth-order valence-electron chi connectivity index (χ4n) is 5.20. The molecular formula is C21H26BrN3O2. The van der Waals surface area contributed by atoms with E-state index in [1.54, 1.807) is 6.07 Å². The van der Waals surface area contributed by atoms with Gasteiger partial charge in [-0.3, -0.25) is 14.2 Å². The summed E-state index contributed by atoms with van der Waals surface area (Å²) in [7, 11) is 0. The minimum absolute atomic E-state index is 0.0193. The normalized spacial score (nSPS) is 28.6. The number of aromatic nitrogens is 2. The maximum absolute atomic E-state index is 12.6. The number of amides is 1. The Morgan fingerprint density at radius 2 is 2.15 bits per heavy atom. The van der Waals surface area contributed by atoms with Crippen molar-refractivity contribution in [1.82, 2.24) is 14.9 Å². The molecule has 1 aromatic heterocycles. The molecule has 2 aliphatic carbocycles. The summed E-state index contributed by atoms with van der Waals surface area (Å²) in [6, 6.07) is 5.69. The first kappa shape index (κ1) is 18.7.